The molecule has 1 aliphatic rings. The van der Waals surface area contributed by atoms with E-state index in [4.69, 9.17) is 0 Å². The number of allylic oxidation sites excluding steroid dienone is 1. The third-order valence-electron chi connectivity index (χ3n) is 6.13. The number of amides is 1. The zero-order valence-electron chi connectivity index (χ0n) is 19.4. The number of fused-ring (bicyclic) bond motifs is 1. The summed E-state index contributed by atoms with van der Waals surface area (Å²) in [5, 5.41) is 14.7. The van der Waals surface area contributed by atoms with E-state index in [0.717, 1.165) is 49.0 Å². The summed E-state index contributed by atoms with van der Waals surface area (Å²) in [4.78, 5) is 24.5. The van der Waals surface area contributed by atoms with Crippen LogP contribution in [0.25, 0.3) is 22.0 Å². The first-order chi connectivity index (χ1) is 16.2. The lowest BCUT2D eigenvalue weighted by Gasteiger charge is -2.12. The number of hydrogen-bond acceptors (Lipinski definition) is 4. The van der Waals surface area contributed by atoms with Crippen LogP contribution in [0.1, 0.15) is 51.4 Å². The quantitative estimate of drug-likeness (QED) is 0.260. The van der Waals surface area contributed by atoms with Crippen LogP contribution in [0.4, 0.5) is 5.69 Å². The molecule has 2 aromatic carbocycles. The summed E-state index contributed by atoms with van der Waals surface area (Å²) in [6.07, 6.45) is 11.1. The van der Waals surface area contributed by atoms with Crippen LogP contribution in [-0.2, 0) is 4.79 Å². The topological polar surface area (TPSA) is 86.9 Å². The second-order valence-corrected chi connectivity index (χ2v) is 8.64. The summed E-state index contributed by atoms with van der Waals surface area (Å²) in [7, 11) is 0. The number of unbranched alkanes of at least 4 members (excludes halogenated alkanes) is 1. The van der Waals surface area contributed by atoms with Crippen LogP contribution < -0.4 is 16.2 Å². The standard InChI is InChI=1S/C27H32N4O2.ClH/c32-25(15-6-7-17-28-18-16-20-9-2-1-3-10-20)29-22-12-8-11-21(19-22)26-23-13-4-5-14-24(23)27(33)31-30-26;/h4-5,8-9,11-14,19,28H,1-3,6-7,10,15-18H2,(H,29,32)(H,31,33);1H. The van der Waals surface area contributed by atoms with Crippen LogP contribution in [-0.4, -0.2) is 29.2 Å². The number of rotatable bonds is 10. The zero-order valence-corrected chi connectivity index (χ0v) is 20.3. The molecule has 3 aromatic rings. The minimum Gasteiger partial charge on any atom is -0.326 e. The molecule has 6 nitrogen and oxygen atoms in total. The Kier molecular flexibility index (Phi) is 9.86. The van der Waals surface area contributed by atoms with E-state index in [9.17, 15) is 9.59 Å². The first-order valence-electron chi connectivity index (χ1n) is 12.0. The van der Waals surface area contributed by atoms with Gasteiger partial charge in [-0.25, -0.2) is 5.10 Å². The molecule has 1 amide bonds. The van der Waals surface area contributed by atoms with Crippen molar-refractivity contribution in [3.05, 3.63) is 70.5 Å². The molecule has 34 heavy (non-hydrogen) atoms. The van der Waals surface area contributed by atoms with Gasteiger partial charge < -0.3 is 10.6 Å². The monoisotopic (exact) mass is 480 g/mol. The average Bonchev–Trinajstić information content (AvgIpc) is 2.85. The van der Waals surface area contributed by atoms with Crippen molar-refractivity contribution in [1.82, 2.24) is 15.5 Å². The van der Waals surface area contributed by atoms with Crippen molar-refractivity contribution in [2.24, 2.45) is 0 Å². The highest BCUT2D eigenvalue weighted by Gasteiger charge is 2.10. The van der Waals surface area contributed by atoms with Crippen LogP contribution in [0.2, 0.25) is 0 Å². The number of nitrogens with one attached hydrogen (secondary N) is 3. The molecular formula is C27H33ClN4O2. The molecular weight excluding hydrogens is 448 g/mol. The van der Waals surface area contributed by atoms with E-state index in [0.29, 0.717) is 17.5 Å². The van der Waals surface area contributed by atoms with Gasteiger partial charge in [0.2, 0.25) is 5.91 Å². The van der Waals surface area contributed by atoms with Crippen molar-refractivity contribution < 1.29 is 4.79 Å². The number of hydrogen-bond donors (Lipinski definition) is 3. The second-order valence-electron chi connectivity index (χ2n) is 8.64. The van der Waals surface area contributed by atoms with Gasteiger partial charge in [0.1, 0.15) is 0 Å². The third-order valence-corrected chi connectivity index (χ3v) is 6.13. The van der Waals surface area contributed by atoms with E-state index < -0.39 is 0 Å². The Hall–Kier alpha value is -2.96. The van der Waals surface area contributed by atoms with E-state index in [2.05, 4.69) is 26.9 Å². The highest BCUT2D eigenvalue weighted by molar-refractivity contribution is 5.95. The van der Waals surface area contributed by atoms with Crippen LogP contribution in [0.3, 0.4) is 0 Å². The van der Waals surface area contributed by atoms with E-state index >= 15 is 0 Å². The zero-order chi connectivity index (χ0) is 22.9. The maximum absolute atomic E-state index is 12.4. The lowest BCUT2D eigenvalue weighted by Crippen LogP contribution is -2.18. The number of carbonyl (C=O) groups excluding carboxylic acids is 1. The van der Waals surface area contributed by atoms with Crippen LogP contribution in [0.5, 0.6) is 0 Å². The molecule has 3 N–H and O–H groups in total. The summed E-state index contributed by atoms with van der Waals surface area (Å²) < 4.78 is 0. The van der Waals surface area contributed by atoms with Gasteiger partial charge in [0.15, 0.2) is 0 Å². The predicted molar refractivity (Wildman–Crippen MR) is 142 cm³/mol. The van der Waals surface area contributed by atoms with Crippen LogP contribution >= 0.6 is 12.4 Å². The molecule has 0 aliphatic heterocycles. The molecule has 0 saturated heterocycles. The maximum atomic E-state index is 12.4. The molecule has 0 atom stereocenters. The fraction of sp³-hybridized carbons (Fsp3) is 0.370. The lowest BCUT2D eigenvalue weighted by atomic mass is 9.97. The van der Waals surface area contributed by atoms with Gasteiger partial charge in [0, 0.05) is 23.1 Å². The number of anilines is 1. The second kappa shape index (κ2) is 13.1. The number of nitrogens with zero attached hydrogens (tertiary/aromatic N) is 1. The molecule has 0 fully saturated rings. The predicted octanol–water partition coefficient (Wildman–Crippen LogP) is 5.60. The summed E-state index contributed by atoms with van der Waals surface area (Å²) >= 11 is 0. The molecule has 0 spiro atoms. The van der Waals surface area contributed by atoms with E-state index in [-0.39, 0.29) is 23.9 Å². The fourth-order valence-electron chi connectivity index (χ4n) is 4.34. The first-order valence-corrected chi connectivity index (χ1v) is 12.0. The van der Waals surface area contributed by atoms with Crippen molar-refractivity contribution in [3.8, 4) is 11.3 Å². The largest absolute Gasteiger partial charge is 0.326 e. The van der Waals surface area contributed by atoms with Gasteiger partial charge in [0.25, 0.3) is 5.56 Å². The van der Waals surface area contributed by atoms with Gasteiger partial charge in [0.05, 0.1) is 11.1 Å². The number of aromatic amines is 1. The Morgan fingerprint density at radius 2 is 1.85 bits per heavy atom. The highest BCUT2D eigenvalue weighted by atomic mass is 35.5. The normalized spacial score (nSPS) is 13.2. The van der Waals surface area contributed by atoms with Gasteiger partial charge in [-0.2, -0.15) is 5.10 Å². The Bertz CT molecular complexity index is 1190. The lowest BCUT2D eigenvalue weighted by molar-refractivity contribution is -0.116. The van der Waals surface area contributed by atoms with Crippen LogP contribution in [0, 0.1) is 0 Å². The number of aromatic nitrogens is 2. The molecule has 0 unspecified atom stereocenters. The maximum Gasteiger partial charge on any atom is 0.272 e. The van der Waals surface area contributed by atoms with Crippen molar-refractivity contribution in [2.75, 3.05) is 18.4 Å². The number of benzene rings is 2. The molecule has 7 heteroatoms. The van der Waals surface area contributed by atoms with Crippen molar-refractivity contribution in [3.63, 3.8) is 0 Å². The molecule has 180 valence electrons. The molecule has 4 rings (SSSR count). The number of carbonyl (C=O) groups is 1. The van der Waals surface area contributed by atoms with Crippen LogP contribution in [0.15, 0.2) is 65.0 Å². The van der Waals surface area contributed by atoms with Crippen molar-refractivity contribution >= 4 is 34.8 Å². The van der Waals surface area contributed by atoms with E-state index in [1.807, 2.05) is 42.5 Å². The smallest absolute Gasteiger partial charge is 0.272 e. The van der Waals surface area contributed by atoms with Gasteiger partial charge in [-0.05, 0) is 76.2 Å². The van der Waals surface area contributed by atoms with Crippen molar-refractivity contribution in [1.29, 1.82) is 0 Å². The summed E-state index contributed by atoms with van der Waals surface area (Å²) in [6.45, 7) is 1.97. The summed E-state index contributed by atoms with van der Waals surface area (Å²) in [5.41, 5.74) is 3.65. The number of H-pyrrole nitrogens is 1. The molecule has 0 radical (unpaired) electrons. The Morgan fingerprint density at radius 1 is 1.00 bits per heavy atom. The van der Waals surface area contributed by atoms with Gasteiger partial charge >= 0.3 is 0 Å². The fourth-order valence-corrected chi connectivity index (χ4v) is 4.34. The average molecular weight is 481 g/mol. The van der Waals surface area contributed by atoms with Gasteiger partial charge in [-0.15, -0.1) is 12.4 Å². The SMILES string of the molecule is Cl.O=C(CCCCNCCC1=CCCCC1)Nc1cccc(-c2n[nH]c(=O)c3ccccc23)c1. The van der Waals surface area contributed by atoms with Crippen molar-refractivity contribution in [2.45, 2.75) is 51.4 Å². The molecule has 0 bridgehead atoms. The minimum absolute atomic E-state index is 0. The van der Waals surface area contributed by atoms with E-state index in [1.54, 1.807) is 11.6 Å². The van der Waals surface area contributed by atoms with E-state index in [1.165, 1.54) is 25.7 Å². The number of halogens is 1. The molecule has 1 heterocycles. The minimum atomic E-state index is -0.209. The molecule has 1 aromatic heterocycles. The Balaban J connectivity index is 0.00000324. The Morgan fingerprint density at radius 3 is 2.68 bits per heavy atom. The first kappa shape index (κ1) is 25.7. The Labute approximate surface area is 206 Å². The highest BCUT2D eigenvalue weighted by Crippen LogP contribution is 2.26. The molecule has 1 aliphatic carbocycles. The summed E-state index contributed by atoms with van der Waals surface area (Å²) in [5.74, 6) is 0.0128. The van der Waals surface area contributed by atoms with Gasteiger partial charge in [-0.3, -0.25) is 9.59 Å². The third kappa shape index (κ3) is 7.02. The van der Waals surface area contributed by atoms with Gasteiger partial charge in [-0.1, -0.05) is 42.0 Å². The molecule has 0 saturated carbocycles. The summed E-state index contributed by atoms with van der Waals surface area (Å²) in [6, 6.07) is 15.0.